The SMILES string of the molecule is C[Si](C)(C)CCOCN1CC2(CCCC2)c2cccnc21. The molecule has 116 valence electrons. The van der Waals surface area contributed by atoms with Gasteiger partial charge in [-0.2, -0.15) is 0 Å². The van der Waals surface area contributed by atoms with Gasteiger partial charge < -0.3 is 9.64 Å². The minimum Gasteiger partial charge on any atom is -0.361 e. The predicted octanol–water partition coefficient (Wildman–Crippen LogP) is 4.03. The minimum absolute atomic E-state index is 0.367. The summed E-state index contributed by atoms with van der Waals surface area (Å²) in [7, 11) is -0.997. The molecule has 3 nitrogen and oxygen atoms in total. The van der Waals surface area contributed by atoms with Crippen molar-refractivity contribution in [3.8, 4) is 0 Å². The maximum absolute atomic E-state index is 5.97. The maximum Gasteiger partial charge on any atom is 0.134 e. The molecule has 3 rings (SSSR count). The van der Waals surface area contributed by atoms with Crippen molar-refractivity contribution in [2.45, 2.75) is 56.8 Å². The lowest BCUT2D eigenvalue weighted by atomic mass is 9.81. The number of fused-ring (bicyclic) bond motifs is 2. The average molecular weight is 305 g/mol. The largest absolute Gasteiger partial charge is 0.361 e. The van der Waals surface area contributed by atoms with Crippen molar-refractivity contribution < 1.29 is 4.74 Å². The molecule has 0 bridgehead atoms. The molecule has 0 amide bonds. The molecule has 0 saturated heterocycles. The Labute approximate surface area is 129 Å². The van der Waals surface area contributed by atoms with Crippen molar-refractivity contribution in [1.82, 2.24) is 4.98 Å². The van der Waals surface area contributed by atoms with E-state index in [1.807, 2.05) is 6.20 Å². The molecular formula is C17H28N2OSi. The van der Waals surface area contributed by atoms with Crippen LogP contribution in [0, 0.1) is 0 Å². The molecule has 0 aromatic carbocycles. The number of nitrogens with zero attached hydrogens (tertiary/aromatic N) is 2. The van der Waals surface area contributed by atoms with Crippen molar-refractivity contribution in [2.75, 3.05) is 24.8 Å². The molecule has 1 aromatic rings. The van der Waals surface area contributed by atoms with Gasteiger partial charge in [-0.05, 0) is 25.0 Å². The van der Waals surface area contributed by atoms with Crippen molar-refractivity contribution in [2.24, 2.45) is 0 Å². The number of hydrogen-bond acceptors (Lipinski definition) is 3. The summed E-state index contributed by atoms with van der Waals surface area (Å²) >= 11 is 0. The second-order valence-electron chi connectivity index (χ2n) is 7.91. The van der Waals surface area contributed by atoms with Gasteiger partial charge in [0.1, 0.15) is 12.5 Å². The molecule has 21 heavy (non-hydrogen) atoms. The number of ether oxygens (including phenoxy) is 1. The van der Waals surface area contributed by atoms with E-state index < -0.39 is 8.07 Å². The van der Waals surface area contributed by atoms with Crippen LogP contribution < -0.4 is 4.90 Å². The molecule has 0 atom stereocenters. The van der Waals surface area contributed by atoms with Crippen LogP contribution in [0.2, 0.25) is 25.7 Å². The Morgan fingerprint density at radius 3 is 2.76 bits per heavy atom. The topological polar surface area (TPSA) is 25.4 Å². The number of anilines is 1. The van der Waals surface area contributed by atoms with E-state index >= 15 is 0 Å². The van der Waals surface area contributed by atoms with Crippen LogP contribution in [0.4, 0.5) is 5.82 Å². The lowest BCUT2D eigenvalue weighted by Gasteiger charge is -2.25. The molecular weight excluding hydrogens is 276 g/mol. The van der Waals surface area contributed by atoms with Gasteiger partial charge in [-0.3, -0.25) is 0 Å². The van der Waals surface area contributed by atoms with Gasteiger partial charge in [-0.1, -0.05) is 38.5 Å². The quantitative estimate of drug-likeness (QED) is 0.607. The second-order valence-corrected chi connectivity index (χ2v) is 13.5. The molecule has 2 heterocycles. The smallest absolute Gasteiger partial charge is 0.134 e. The molecule has 0 N–H and O–H groups in total. The lowest BCUT2D eigenvalue weighted by molar-refractivity contribution is 0.144. The lowest BCUT2D eigenvalue weighted by Crippen LogP contribution is -2.33. The van der Waals surface area contributed by atoms with Crippen LogP contribution in [0.1, 0.15) is 31.2 Å². The van der Waals surface area contributed by atoms with E-state index in [2.05, 4.69) is 41.7 Å². The van der Waals surface area contributed by atoms with Gasteiger partial charge in [0.05, 0.1) is 0 Å². The van der Waals surface area contributed by atoms with Crippen LogP contribution in [-0.4, -0.2) is 32.9 Å². The van der Waals surface area contributed by atoms with E-state index in [4.69, 9.17) is 4.74 Å². The van der Waals surface area contributed by atoms with Gasteiger partial charge in [0.15, 0.2) is 0 Å². The molecule has 2 aliphatic rings. The first-order valence-corrected chi connectivity index (χ1v) is 12.0. The van der Waals surface area contributed by atoms with Gasteiger partial charge in [0.2, 0.25) is 0 Å². The van der Waals surface area contributed by atoms with E-state index in [0.717, 1.165) is 13.2 Å². The summed E-state index contributed by atoms with van der Waals surface area (Å²) in [5, 5.41) is 0. The predicted molar refractivity (Wildman–Crippen MR) is 90.7 cm³/mol. The number of aromatic nitrogens is 1. The summed E-state index contributed by atoms with van der Waals surface area (Å²) in [6, 6.07) is 5.62. The Balaban J connectivity index is 1.65. The van der Waals surface area contributed by atoms with Crippen LogP contribution in [-0.2, 0) is 10.2 Å². The zero-order valence-corrected chi connectivity index (χ0v) is 14.7. The summed E-state index contributed by atoms with van der Waals surface area (Å²) < 4.78 is 5.97. The van der Waals surface area contributed by atoms with Gasteiger partial charge in [-0.15, -0.1) is 0 Å². The first-order valence-electron chi connectivity index (χ1n) is 8.28. The summed E-state index contributed by atoms with van der Waals surface area (Å²) in [5.41, 5.74) is 1.84. The Morgan fingerprint density at radius 2 is 2.05 bits per heavy atom. The first kappa shape index (κ1) is 15.0. The molecule has 4 heteroatoms. The minimum atomic E-state index is -0.997. The summed E-state index contributed by atoms with van der Waals surface area (Å²) in [6.45, 7) is 9.90. The normalized spacial score (nSPS) is 20.2. The molecule has 1 spiro atoms. The fraction of sp³-hybridized carbons (Fsp3) is 0.706. The number of rotatable bonds is 5. The Hall–Kier alpha value is -0.873. The molecule has 0 unspecified atom stereocenters. The van der Waals surface area contributed by atoms with Crippen LogP contribution in [0.15, 0.2) is 18.3 Å². The maximum atomic E-state index is 5.97. The van der Waals surface area contributed by atoms with Gasteiger partial charge >= 0.3 is 0 Å². The van der Waals surface area contributed by atoms with Crippen LogP contribution in [0.25, 0.3) is 0 Å². The highest BCUT2D eigenvalue weighted by atomic mass is 28.3. The van der Waals surface area contributed by atoms with E-state index in [9.17, 15) is 0 Å². The van der Waals surface area contributed by atoms with Crippen LogP contribution in [0.5, 0.6) is 0 Å². The zero-order valence-electron chi connectivity index (χ0n) is 13.7. The fourth-order valence-corrected chi connectivity index (χ4v) is 4.48. The third kappa shape index (κ3) is 3.16. The molecule has 1 aliphatic carbocycles. The Bertz CT molecular complexity index is 492. The van der Waals surface area contributed by atoms with Gasteiger partial charge in [0, 0.05) is 38.4 Å². The number of hydrogen-bond donors (Lipinski definition) is 0. The fourth-order valence-electron chi connectivity index (χ4n) is 3.73. The molecule has 1 saturated carbocycles. The van der Waals surface area contributed by atoms with E-state index in [1.54, 1.807) is 0 Å². The summed E-state index contributed by atoms with van der Waals surface area (Å²) in [4.78, 5) is 7.01. The van der Waals surface area contributed by atoms with E-state index in [0.29, 0.717) is 12.1 Å². The van der Waals surface area contributed by atoms with Crippen molar-refractivity contribution in [3.63, 3.8) is 0 Å². The van der Waals surface area contributed by atoms with Crippen molar-refractivity contribution in [1.29, 1.82) is 0 Å². The van der Waals surface area contributed by atoms with Gasteiger partial charge in [0.25, 0.3) is 0 Å². The third-order valence-corrected chi connectivity index (χ3v) is 6.66. The van der Waals surface area contributed by atoms with E-state index in [1.165, 1.54) is 43.1 Å². The highest BCUT2D eigenvalue weighted by molar-refractivity contribution is 6.76. The van der Waals surface area contributed by atoms with Crippen molar-refractivity contribution >= 4 is 13.9 Å². The molecule has 0 radical (unpaired) electrons. The Kier molecular flexibility index (Phi) is 4.10. The molecule has 1 fully saturated rings. The highest BCUT2D eigenvalue weighted by Gasteiger charge is 2.45. The average Bonchev–Trinajstić information content (AvgIpc) is 3.02. The standard InChI is InChI=1S/C17H28N2OSi/c1-21(2,3)12-11-20-14-19-13-17(8-4-5-9-17)15-7-6-10-18-16(15)19/h6-7,10H,4-5,8-9,11-14H2,1-3H3. The second kappa shape index (κ2) is 5.73. The molecule has 1 aliphatic heterocycles. The third-order valence-electron chi connectivity index (χ3n) is 4.96. The van der Waals surface area contributed by atoms with Gasteiger partial charge in [-0.25, -0.2) is 4.98 Å². The zero-order chi connectivity index (χ0) is 14.9. The van der Waals surface area contributed by atoms with E-state index in [-0.39, 0.29) is 0 Å². The Morgan fingerprint density at radius 1 is 1.29 bits per heavy atom. The first-order chi connectivity index (χ1) is 10.0. The highest BCUT2D eigenvalue weighted by Crippen LogP contribution is 2.49. The number of pyridine rings is 1. The van der Waals surface area contributed by atoms with Crippen molar-refractivity contribution in [3.05, 3.63) is 23.9 Å². The monoisotopic (exact) mass is 304 g/mol. The molecule has 1 aromatic heterocycles. The van der Waals surface area contributed by atoms with Crippen LogP contribution >= 0.6 is 0 Å². The summed E-state index contributed by atoms with van der Waals surface area (Å²) in [6.07, 6.45) is 7.27. The van der Waals surface area contributed by atoms with Crippen LogP contribution in [0.3, 0.4) is 0 Å². The summed E-state index contributed by atoms with van der Waals surface area (Å²) in [5.74, 6) is 1.17.